The molecule has 268 valence electrons. The summed E-state index contributed by atoms with van der Waals surface area (Å²) in [7, 11) is 1.44. The second kappa shape index (κ2) is 29.7. The number of rotatable bonds is 24. The number of alkyl carbamates (subject to hydrolysis) is 4. The van der Waals surface area contributed by atoms with Gasteiger partial charge in [-0.1, -0.05) is 46.5 Å². The number of hydrogen-bond donors (Lipinski definition) is 4. The van der Waals surface area contributed by atoms with Crippen molar-refractivity contribution in [1.82, 2.24) is 31.1 Å². The van der Waals surface area contributed by atoms with Gasteiger partial charge in [0.15, 0.2) is 0 Å². The van der Waals surface area contributed by atoms with E-state index in [1.54, 1.807) is 0 Å². The first kappa shape index (κ1) is 44.1. The molecule has 0 rings (SSSR count). The number of carbonyl (C=O) groups excluding carboxylic acids is 6. The van der Waals surface area contributed by atoms with Crippen molar-refractivity contribution in [3.63, 3.8) is 0 Å². The summed E-state index contributed by atoms with van der Waals surface area (Å²) in [4.78, 5) is 72.9. The third-order valence-electron chi connectivity index (χ3n) is 6.41. The van der Waals surface area contributed by atoms with Gasteiger partial charge in [0.25, 0.3) is 0 Å². The normalized spacial score (nSPS) is 10.0. The molecule has 0 spiro atoms. The van der Waals surface area contributed by atoms with Gasteiger partial charge >= 0.3 is 24.4 Å². The summed E-state index contributed by atoms with van der Waals surface area (Å²) in [6.07, 6.45) is 5.02. The average Bonchev–Trinajstić information content (AvgIpc) is 3.00. The molecule has 6 amide bonds. The van der Waals surface area contributed by atoms with Gasteiger partial charge in [0.1, 0.15) is 26.4 Å². The maximum absolute atomic E-state index is 11.9. The van der Waals surface area contributed by atoms with Crippen molar-refractivity contribution in [2.45, 2.75) is 79.6 Å². The van der Waals surface area contributed by atoms with E-state index < -0.39 is 24.4 Å². The van der Waals surface area contributed by atoms with Gasteiger partial charge in [-0.3, -0.25) is 9.59 Å². The van der Waals surface area contributed by atoms with E-state index in [1.165, 1.54) is 30.7 Å². The Hall–Kier alpha value is -3.98. The molecule has 0 aliphatic carbocycles. The zero-order valence-electron chi connectivity index (χ0n) is 27.4. The predicted octanol–water partition coefficient (Wildman–Crippen LogP) is 2.99. The number of nitrogens with zero attached hydrogens (tertiary/aromatic N) is 2. The Morgan fingerprint density at radius 1 is 0.500 bits per heavy atom. The van der Waals surface area contributed by atoms with Gasteiger partial charge in [0, 0.05) is 40.5 Å². The van der Waals surface area contributed by atoms with E-state index in [4.69, 9.17) is 18.9 Å². The number of carbonyl (C=O) groups is 6. The Bertz CT molecular complexity index is 877. The predicted molar refractivity (Wildman–Crippen MR) is 172 cm³/mol. The van der Waals surface area contributed by atoms with E-state index in [-0.39, 0.29) is 71.8 Å². The second-order valence-corrected chi connectivity index (χ2v) is 10.1. The smallest absolute Gasteiger partial charge is 0.407 e. The third-order valence-corrected chi connectivity index (χ3v) is 6.41. The molecule has 16 heteroatoms. The van der Waals surface area contributed by atoms with E-state index in [0.717, 1.165) is 51.4 Å². The highest BCUT2D eigenvalue weighted by Crippen LogP contribution is 2.00. The molecule has 0 bridgehead atoms. The van der Waals surface area contributed by atoms with Crippen molar-refractivity contribution in [3.8, 4) is 0 Å². The SMILES string of the molecule is C.CCCCCCNC(=O)OCCN(CCOC(=O)NCCCCCCNC(=O)OCCN(CCOC(=O)NC)C(C)=O)C(C)=O. The van der Waals surface area contributed by atoms with Crippen LogP contribution in [-0.2, 0) is 28.5 Å². The number of ether oxygens (including phenoxy) is 4. The lowest BCUT2D eigenvalue weighted by molar-refractivity contribution is -0.130. The van der Waals surface area contributed by atoms with Crippen molar-refractivity contribution in [2.75, 3.05) is 79.3 Å². The van der Waals surface area contributed by atoms with E-state index >= 15 is 0 Å². The van der Waals surface area contributed by atoms with Crippen LogP contribution >= 0.6 is 0 Å². The number of nitrogens with one attached hydrogen (secondary N) is 4. The van der Waals surface area contributed by atoms with E-state index in [1.807, 2.05) is 0 Å². The second-order valence-electron chi connectivity index (χ2n) is 10.1. The van der Waals surface area contributed by atoms with Crippen LogP contribution in [0.4, 0.5) is 19.2 Å². The van der Waals surface area contributed by atoms with Gasteiger partial charge in [-0.2, -0.15) is 0 Å². The highest BCUT2D eigenvalue weighted by molar-refractivity contribution is 5.74. The standard InChI is InChI=1S/C29H54N6O10.CH4/c1-5-6-7-10-13-31-27(39)43-22-18-35(25(3)37)19-23-45-29(41)33-15-12-9-8-11-14-32-28(40)44-21-17-34(24(2)36)16-20-42-26(38)30-4;/h5-23H2,1-4H3,(H,30,38)(H,31,39)(H,32,40)(H,33,41);1H4. The van der Waals surface area contributed by atoms with Crippen molar-refractivity contribution >= 4 is 36.2 Å². The molecule has 0 radical (unpaired) electrons. The lowest BCUT2D eigenvalue weighted by Crippen LogP contribution is -2.37. The minimum absolute atomic E-state index is 0. The molecular formula is C30H58N6O10. The van der Waals surface area contributed by atoms with Crippen LogP contribution < -0.4 is 21.3 Å². The first-order valence-corrected chi connectivity index (χ1v) is 15.7. The largest absolute Gasteiger partial charge is 0.448 e. The molecule has 0 heterocycles. The molecule has 0 aromatic heterocycles. The summed E-state index contributed by atoms with van der Waals surface area (Å²) in [5.41, 5.74) is 0. The molecule has 0 fully saturated rings. The molecule has 0 saturated carbocycles. The van der Waals surface area contributed by atoms with Gasteiger partial charge in [0.05, 0.1) is 26.2 Å². The van der Waals surface area contributed by atoms with Gasteiger partial charge in [-0.15, -0.1) is 0 Å². The van der Waals surface area contributed by atoms with Gasteiger partial charge in [-0.25, -0.2) is 19.2 Å². The summed E-state index contributed by atoms with van der Waals surface area (Å²) < 4.78 is 20.2. The Morgan fingerprint density at radius 3 is 1.09 bits per heavy atom. The Morgan fingerprint density at radius 2 is 0.804 bits per heavy atom. The zero-order valence-corrected chi connectivity index (χ0v) is 27.4. The van der Waals surface area contributed by atoms with Crippen LogP contribution in [0.15, 0.2) is 0 Å². The van der Waals surface area contributed by atoms with Crippen LogP contribution in [0.3, 0.4) is 0 Å². The van der Waals surface area contributed by atoms with Crippen LogP contribution in [0.5, 0.6) is 0 Å². The van der Waals surface area contributed by atoms with Crippen LogP contribution in [0.2, 0.25) is 0 Å². The zero-order chi connectivity index (χ0) is 33.7. The van der Waals surface area contributed by atoms with Gasteiger partial charge < -0.3 is 50.0 Å². The van der Waals surface area contributed by atoms with Gasteiger partial charge in [0.2, 0.25) is 11.8 Å². The molecule has 0 atom stereocenters. The topological polar surface area (TPSA) is 194 Å². The molecule has 0 aromatic rings. The molecule has 16 nitrogen and oxygen atoms in total. The maximum atomic E-state index is 11.9. The van der Waals surface area contributed by atoms with E-state index in [9.17, 15) is 28.8 Å². The molecule has 0 unspecified atom stereocenters. The minimum atomic E-state index is -0.590. The number of unbranched alkanes of at least 4 members (excludes halogenated alkanes) is 6. The summed E-state index contributed by atoms with van der Waals surface area (Å²) in [6, 6.07) is 0. The van der Waals surface area contributed by atoms with E-state index in [0.29, 0.717) is 19.6 Å². The summed E-state index contributed by atoms with van der Waals surface area (Å²) in [5, 5.41) is 10.3. The first-order valence-electron chi connectivity index (χ1n) is 15.7. The quantitative estimate of drug-likeness (QED) is 0.0882. The molecule has 4 N–H and O–H groups in total. The lowest BCUT2D eigenvalue weighted by atomic mass is 10.2. The fourth-order valence-corrected chi connectivity index (χ4v) is 3.80. The van der Waals surface area contributed by atoms with Crippen LogP contribution in [0, 0.1) is 0 Å². The van der Waals surface area contributed by atoms with E-state index in [2.05, 4.69) is 28.2 Å². The highest BCUT2D eigenvalue weighted by Gasteiger charge is 2.13. The fraction of sp³-hybridized carbons (Fsp3) is 0.800. The molecule has 0 aromatic carbocycles. The van der Waals surface area contributed by atoms with Crippen molar-refractivity contribution in [1.29, 1.82) is 0 Å². The summed E-state index contributed by atoms with van der Waals surface area (Å²) >= 11 is 0. The van der Waals surface area contributed by atoms with Crippen molar-refractivity contribution in [3.05, 3.63) is 0 Å². The van der Waals surface area contributed by atoms with Crippen LogP contribution in [0.1, 0.15) is 79.6 Å². The molecular weight excluding hydrogens is 604 g/mol. The van der Waals surface area contributed by atoms with Gasteiger partial charge in [-0.05, 0) is 19.3 Å². The fourth-order valence-electron chi connectivity index (χ4n) is 3.80. The third kappa shape index (κ3) is 26.4. The van der Waals surface area contributed by atoms with Crippen LogP contribution in [-0.4, -0.2) is 125 Å². The Labute approximate surface area is 273 Å². The molecule has 0 aliphatic heterocycles. The number of hydrogen-bond acceptors (Lipinski definition) is 10. The van der Waals surface area contributed by atoms with Crippen molar-refractivity contribution in [2.24, 2.45) is 0 Å². The first-order chi connectivity index (χ1) is 21.6. The lowest BCUT2D eigenvalue weighted by Gasteiger charge is -2.20. The Balaban J connectivity index is 0. The maximum Gasteiger partial charge on any atom is 0.407 e. The minimum Gasteiger partial charge on any atom is -0.448 e. The average molecular weight is 663 g/mol. The van der Waals surface area contributed by atoms with Crippen molar-refractivity contribution < 1.29 is 47.7 Å². The molecule has 0 saturated heterocycles. The number of amides is 6. The highest BCUT2D eigenvalue weighted by atomic mass is 16.6. The summed E-state index contributed by atoms with van der Waals surface area (Å²) in [6.45, 7) is 7.13. The molecule has 46 heavy (non-hydrogen) atoms. The summed E-state index contributed by atoms with van der Waals surface area (Å²) in [5.74, 6) is -0.443. The molecule has 0 aliphatic rings. The monoisotopic (exact) mass is 662 g/mol. The van der Waals surface area contributed by atoms with Crippen LogP contribution in [0.25, 0.3) is 0 Å². The Kier molecular flexibility index (Phi) is 28.5.